The minimum Gasteiger partial charge on any atom is -0.335 e. The molecular formula is C29H26FN7O2S. The number of allylic oxidation sites excluding steroid dienone is 2. The number of nitrogens with one attached hydrogen (secondary N) is 4. The van der Waals surface area contributed by atoms with Gasteiger partial charge in [0.05, 0.1) is 28.8 Å². The first-order chi connectivity index (χ1) is 19.4. The van der Waals surface area contributed by atoms with Crippen LogP contribution in [-0.4, -0.2) is 52.9 Å². The molecule has 4 aromatic rings. The fraction of sp³-hybridized carbons (Fsp3) is 0.276. The van der Waals surface area contributed by atoms with Gasteiger partial charge in [0.15, 0.2) is 5.82 Å². The summed E-state index contributed by atoms with van der Waals surface area (Å²) in [7, 11) is -3.42. The molecule has 0 radical (unpaired) electrons. The zero-order chi connectivity index (χ0) is 27.2. The Hall–Kier alpha value is -3.93. The number of hydrogen-bond acceptors (Lipinski definition) is 6. The number of nitrogens with zero attached hydrogens (tertiary/aromatic N) is 3. The van der Waals surface area contributed by atoms with E-state index in [1.165, 1.54) is 28.9 Å². The normalized spacial score (nSPS) is 25.1. The molecule has 2 unspecified atom stereocenters. The summed E-state index contributed by atoms with van der Waals surface area (Å²) in [5, 5.41) is 13.4. The van der Waals surface area contributed by atoms with Crippen molar-refractivity contribution in [3.05, 3.63) is 75.8 Å². The lowest BCUT2D eigenvalue weighted by atomic mass is 9.88. The van der Waals surface area contributed by atoms with Gasteiger partial charge in [-0.1, -0.05) is 12.2 Å². The second-order valence-electron chi connectivity index (χ2n) is 11.0. The van der Waals surface area contributed by atoms with Crippen LogP contribution in [0.2, 0.25) is 0 Å². The number of pyridine rings is 1. The maximum absolute atomic E-state index is 14.6. The number of halogens is 1. The molecule has 3 aromatic heterocycles. The van der Waals surface area contributed by atoms with Crippen LogP contribution >= 0.6 is 0 Å². The summed E-state index contributed by atoms with van der Waals surface area (Å²) in [6.07, 6.45) is 12.2. The highest BCUT2D eigenvalue weighted by molar-refractivity contribution is 7.88. The van der Waals surface area contributed by atoms with Gasteiger partial charge >= 0.3 is 0 Å². The van der Waals surface area contributed by atoms with E-state index >= 15 is 0 Å². The molecule has 2 fully saturated rings. The van der Waals surface area contributed by atoms with Crippen molar-refractivity contribution in [1.29, 1.82) is 0 Å². The van der Waals surface area contributed by atoms with E-state index in [2.05, 4.69) is 48.4 Å². The molecule has 0 spiro atoms. The molecule has 4 heterocycles. The third-order valence-corrected chi connectivity index (χ3v) is 9.03. The van der Waals surface area contributed by atoms with E-state index in [0.717, 1.165) is 42.0 Å². The number of aromatic nitrogens is 5. The molecular weight excluding hydrogens is 529 g/mol. The fourth-order valence-corrected chi connectivity index (χ4v) is 6.84. The maximum Gasteiger partial charge on any atom is 0.209 e. The van der Waals surface area contributed by atoms with Gasteiger partial charge in [-0.3, -0.25) is 10.1 Å². The van der Waals surface area contributed by atoms with Crippen LogP contribution in [0.25, 0.3) is 45.3 Å². The number of benzene rings is 1. The van der Waals surface area contributed by atoms with Crippen molar-refractivity contribution in [2.75, 3.05) is 19.3 Å². The van der Waals surface area contributed by atoms with Gasteiger partial charge in [0.25, 0.3) is 0 Å². The third-order valence-electron chi connectivity index (χ3n) is 8.36. The molecule has 4 N–H and O–H groups in total. The second-order valence-corrected chi connectivity index (χ2v) is 12.8. The number of hydrogen-bond donors (Lipinski definition) is 4. The Bertz CT molecular complexity index is 2030. The molecule has 2 saturated carbocycles. The Kier molecular flexibility index (Phi) is 5.10. The van der Waals surface area contributed by atoms with Crippen LogP contribution in [0.1, 0.15) is 12.0 Å². The lowest BCUT2D eigenvalue weighted by Gasteiger charge is -2.20. The number of aromatic amines is 2. The average molecular weight is 556 g/mol. The first-order valence-electron chi connectivity index (χ1n) is 13.3. The first-order valence-corrected chi connectivity index (χ1v) is 15.2. The van der Waals surface area contributed by atoms with Crippen molar-refractivity contribution in [1.82, 2.24) is 35.2 Å². The van der Waals surface area contributed by atoms with Crippen molar-refractivity contribution >= 4 is 32.7 Å². The lowest BCUT2D eigenvalue weighted by molar-refractivity contribution is 0.586. The zero-order valence-corrected chi connectivity index (χ0v) is 22.4. The smallest absolute Gasteiger partial charge is 0.209 e. The largest absolute Gasteiger partial charge is 0.335 e. The fourth-order valence-electron chi connectivity index (χ4n) is 6.41. The van der Waals surface area contributed by atoms with Gasteiger partial charge in [-0.15, -0.1) is 0 Å². The molecule has 3 aliphatic carbocycles. The summed E-state index contributed by atoms with van der Waals surface area (Å²) in [6, 6.07) is 4.47. The molecule has 8 rings (SSSR count). The molecule has 0 saturated heterocycles. The highest BCUT2D eigenvalue weighted by Crippen LogP contribution is 2.77. The molecule has 0 amide bonds. The van der Waals surface area contributed by atoms with E-state index in [-0.39, 0.29) is 6.54 Å². The van der Waals surface area contributed by atoms with Crippen LogP contribution in [0.4, 0.5) is 4.39 Å². The van der Waals surface area contributed by atoms with Gasteiger partial charge < -0.3 is 10.3 Å². The van der Waals surface area contributed by atoms with E-state index in [9.17, 15) is 12.8 Å². The summed E-state index contributed by atoms with van der Waals surface area (Å²) >= 11 is 0. The number of H-pyrrole nitrogens is 2. The maximum atomic E-state index is 14.6. The average Bonchev–Trinajstić information content (AvgIpc) is 3.70. The van der Waals surface area contributed by atoms with Crippen molar-refractivity contribution in [2.45, 2.75) is 13.0 Å². The minimum absolute atomic E-state index is 0.0129. The molecule has 11 heteroatoms. The Balaban J connectivity index is 1.20. The number of sulfonamides is 1. The van der Waals surface area contributed by atoms with Gasteiger partial charge in [-0.25, -0.2) is 22.5 Å². The molecule has 202 valence electrons. The molecule has 0 bridgehead atoms. The van der Waals surface area contributed by atoms with Crippen LogP contribution < -0.4 is 20.6 Å². The predicted molar refractivity (Wildman–Crippen MR) is 150 cm³/mol. The summed E-state index contributed by atoms with van der Waals surface area (Å²) < 4.78 is 40.1. The Morgan fingerprint density at radius 2 is 2.00 bits per heavy atom. The summed E-state index contributed by atoms with van der Waals surface area (Å²) in [5.74, 6) is 1.94. The van der Waals surface area contributed by atoms with Crippen molar-refractivity contribution in [3.8, 4) is 22.6 Å². The van der Waals surface area contributed by atoms with Crippen molar-refractivity contribution in [3.63, 3.8) is 0 Å². The number of imidazole rings is 1. The van der Waals surface area contributed by atoms with Gasteiger partial charge in [0.1, 0.15) is 11.5 Å². The molecule has 40 heavy (non-hydrogen) atoms. The lowest BCUT2D eigenvalue weighted by Crippen LogP contribution is -2.28. The second kappa shape index (κ2) is 8.53. The van der Waals surface area contributed by atoms with E-state index < -0.39 is 15.8 Å². The number of fused-ring (bicyclic) bond motifs is 4. The highest BCUT2D eigenvalue weighted by atomic mass is 32.2. The van der Waals surface area contributed by atoms with E-state index in [1.54, 1.807) is 18.5 Å². The summed E-state index contributed by atoms with van der Waals surface area (Å²) in [6.45, 7) is 1.95. The van der Waals surface area contributed by atoms with Crippen LogP contribution in [0.3, 0.4) is 0 Å². The van der Waals surface area contributed by atoms with Gasteiger partial charge in [0.2, 0.25) is 10.0 Å². The van der Waals surface area contributed by atoms with E-state index in [1.807, 2.05) is 0 Å². The van der Waals surface area contributed by atoms with Gasteiger partial charge in [-0.2, -0.15) is 5.10 Å². The topological polar surface area (TPSA) is 128 Å². The molecule has 9 nitrogen and oxygen atoms in total. The monoisotopic (exact) mass is 555 g/mol. The minimum atomic E-state index is -3.42. The van der Waals surface area contributed by atoms with E-state index in [4.69, 9.17) is 4.98 Å². The molecule has 3 atom stereocenters. The van der Waals surface area contributed by atoms with Crippen LogP contribution in [-0.2, 0) is 16.6 Å². The first kappa shape index (κ1) is 23.9. The Morgan fingerprint density at radius 1 is 1.12 bits per heavy atom. The van der Waals surface area contributed by atoms with Crippen LogP contribution in [0.5, 0.6) is 0 Å². The van der Waals surface area contributed by atoms with Crippen molar-refractivity contribution < 1.29 is 12.8 Å². The van der Waals surface area contributed by atoms with Gasteiger partial charge in [-0.05, 0) is 82.8 Å². The SMILES string of the molecule is CS(=O)(=O)NCc1cc(F)cc(-c2cncc3[nH]c(-c4n[nH]/c5c4=C4C6C(/C(C7=CCNCC7)=C\C=5)[C@@H]46)nc23)c1. The highest BCUT2D eigenvalue weighted by Gasteiger charge is 2.71. The quantitative estimate of drug-likeness (QED) is 0.288. The third kappa shape index (κ3) is 3.87. The predicted octanol–water partition coefficient (Wildman–Crippen LogP) is 1.87. The Morgan fingerprint density at radius 3 is 2.80 bits per heavy atom. The van der Waals surface area contributed by atoms with E-state index in [0.29, 0.717) is 51.3 Å². The molecule has 4 aliphatic rings. The van der Waals surface area contributed by atoms with Gasteiger partial charge in [0, 0.05) is 30.1 Å². The van der Waals surface area contributed by atoms with Crippen LogP contribution in [0.15, 0.2) is 53.9 Å². The zero-order valence-electron chi connectivity index (χ0n) is 21.6. The van der Waals surface area contributed by atoms with Crippen molar-refractivity contribution in [2.24, 2.45) is 17.8 Å². The summed E-state index contributed by atoms with van der Waals surface area (Å²) in [4.78, 5) is 12.7. The molecule has 1 aromatic carbocycles. The standard InChI is InChI=1S/C29H26FN7O2S/c1-40(38,39)33-11-14-8-16(10-17(30)9-14)19-12-32-13-21-27(19)35-29(34-21)28-23-20(36-37-28)3-2-18(15-4-6-31-7-5-15)22-24-25(22)26(23)24/h2-4,8-10,12-13,22,24-25,31,33,36H,5-7,11H2,1H3,(H,34,35)/b18-2-,20-3+,26-23?/t22?,24-,25?/m1/s1. The Labute approximate surface area is 229 Å². The number of rotatable bonds is 6. The summed E-state index contributed by atoms with van der Waals surface area (Å²) in [5.41, 5.74) is 8.26. The van der Waals surface area contributed by atoms with Crippen LogP contribution in [0, 0.1) is 23.6 Å². The molecule has 1 aliphatic heterocycles.